The highest BCUT2D eigenvalue weighted by Crippen LogP contribution is 2.10. The maximum atomic E-state index is 5.65. The lowest BCUT2D eigenvalue weighted by atomic mass is 10.1. The zero-order valence-electron chi connectivity index (χ0n) is 10.3. The number of nitrogens with one attached hydrogen (secondary N) is 1. The van der Waals surface area contributed by atoms with Crippen LogP contribution in [0, 0.1) is 0 Å². The number of hydrogen-bond acceptors (Lipinski definition) is 5. The van der Waals surface area contributed by atoms with Gasteiger partial charge in [0.2, 0.25) is 5.65 Å². The normalized spacial score (nSPS) is 10.7. The Morgan fingerprint density at radius 3 is 2.89 bits per heavy atom. The van der Waals surface area contributed by atoms with Crippen LogP contribution in [-0.4, -0.2) is 26.1 Å². The van der Waals surface area contributed by atoms with E-state index in [-0.39, 0.29) is 0 Å². The van der Waals surface area contributed by atoms with E-state index in [1.165, 1.54) is 5.56 Å². The second-order valence-electron chi connectivity index (χ2n) is 4.26. The highest BCUT2D eigenvalue weighted by Gasteiger charge is 2.03. The Morgan fingerprint density at radius 2 is 2.05 bits per heavy atom. The van der Waals surface area contributed by atoms with E-state index in [0.29, 0.717) is 0 Å². The zero-order valence-corrected chi connectivity index (χ0v) is 10.3. The van der Waals surface area contributed by atoms with E-state index in [1.54, 1.807) is 12.5 Å². The van der Waals surface area contributed by atoms with Gasteiger partial charge in [0.1, 0.15) is 6.33 Å². The van der Waals surface area contributed by atoms with Crippen molar-refractivity contribution in [3.05, 3.63) is 48.5 Å². The van der Waals surface area contributed by atoms with E-state index in [0.717, 1.165) is 30.1 Å². The van der Waals surface area contributed by atoms with Gasteiger partial charge in [-0.1, -0.05) is 12.1 Å². The first kappa shape index (κ1) is 11.5. The van der Waals surface area contributed by atoms with Gasteiger partial charge in [0.05, 0.1) is 0 Å². The molecule has 3 N–H and O–H groups in total. The number of fused-ring (bicyclic) bond motifs is 1. The first-order valence-corrected chi connectivity index (χ1v) is 6.05. The van der Waals surface area contributed by atoms with Gasteiger partial charge in [-0.25, -0.2) is 4.98 Å². The van der Waals surface area contributed by atoms with E-state index in [9.17, 15) is 0 Å². The fourth-order valence-electron chi connectivity index (χ4n) is 1.89. The molecule has 0 fully saturated rings. The van der Waals surface area contributed by atoms with Gasteiger partial charge in [-0.15, -0.1) is 10.2 Å². The smallest absolute Gasteiger partial charge is 0.203 e. The molecular weight excluding hydrogens is 240 g/mol. The lowest BCUT2D eigenvalue weighted by Crippen LogP contribution is -2.07. The molecule has 0 amide bonds. The minimum Gasteiger partial charge on any atom is -0.399 e. The van der Waals surface area contributed by atoms with Crippen LogP contribution in [0.1, 0.15) is 5.56 Å². The summed E-state index contributed by atoms with van der Waals surface area (Å²) in [5.41, 5.74) is 8.40. The Balaban J connectivity index is 1.66. The summed E-state index contributed by atoms with van der Waals surface area (Å²) in [4.78, 5) is 4.27. The molecule has 0 saturated heterocycles. The molecule has 6 nitrogen and oxygen atoms in total. The van der Waals surface area contributed by atoms with Gasteiger partial charge in [0.25, 0.3) is 0 Å². The highest BCUT2D eigenvalue weighted by molar-refractivity contribution is 5.61. The SMILES string of the molecule is Nc1ccc(CCNc2nccn3cnnc23)cc1. The minimum absolute atomic E-state index is 0.736. The number of rotatable bonds is 4. The van der Waals surface area contributed by atoms with Crippen LogP contribution in [0.5, 0.6) is 0 Å². The molecule has 0 unspecified atom stereocenters. The average molecular weight is 254 g/mol. The number of aromatic nitrogens is 4. The first-order valence-electron chi connectivity index (χ1n) is 6.05. The molecule has 0 spiro atoms. The molecule has 0 aliphatic carbocycles. The largest absolute Gasteiger partial charge is 0.399 e. The molecule has 6 heteroatoms. The van der Waals surface area contributed by atoms with Crippen LogP contribution in [-0.2, 0) is 6.42 Å². The summed E-state index contributed by atoms with van der Waals surface area (Å²) < 4.78 is 1.83. The molecule has 96 valence electrons. The molecule has 0 saturated carbocycles. The van der Waals surface area contributed by atoms with Crippen LogP contribution in [0.15, 0.2) is 43.0 Å². The Hall–Kier alpha value is -2.63. The molecule has 3 aromatic rings. The standard InChI is InChI=1S/C13H14N6/c14-11-3-1-10(2-4-11)5-6-15-12-13-18-17-9-19(13)8-7-16-12/h1-4,7-9H,5-6,14H2,(H,15,16). The number of nitrogen functional groups attached to an aromatic ring is 1. The van der Waals surface area contributed by atoms with Gasteiger partial charge in [0, 0.05) is 24.6 Å². The lowest BCUT2D eigenvalue weighted by Gasteiger charge is -2.06. The quantitative estimate of drug-likeness (QED) is 0.687. The zero-order chi connectivity index (χ0) is 13.1. The third-order valence-corrected chi connectivity index (χ3v) is 2.90. The van der Waals surface area contributed by atoms with Crippen molar-refractivity contribution in [2.75, 3.05) is 17.6 Å². The molecule has 1 aromatic carbocycles. The average Bonchev–Trinajstić information content (AvgIpc) is 2.90. The predicted octanol–water partition coefficient (Wildman–Crippen LogP) is 1.36. The maximum absolute atomic E-state index is 5.65. The van der Waals surface area contributed by atoms with E-state index in [2.05, 4.69) is 20.5 Å². The summed E-state index contributed by atoms with van der Waals surface area (Å²) in [6, 6.07) is 7.88. The summed E-state index contributed by atoms with van der Waals surface area (Å²) in [6.45, 7) is 0.781. The van der Waals surface area contributed by atoms with Gasteiger partial charge in [-0.2, -0.15) is 0 Å². The van der Waals surface area contributed by atoms with E-state index in [4.69, 9.17) is 5.73 Å². The molecule has 0 radical (unpaired) electrons. The Bertz CT molecular complexity index is 673. The van der Waals surface area contributed by atoms with Gasteiger partial charge < -0.3 is 11.1 Å². The summed E-state index contributed by atoms with van der Waals surface area (Å²) in [7, 11) is 0. The Morgan fingerprint density at radius 1 is 1.21 bits per heavy atom. The minimum atomic E-state index is 0.736. The van der Waals surface area contributed by atoms with Crippen LogP contribution in [0.3, 0.4) is 0 Å². The third-order valence-electron chi connectivity index (χ3n) is 2.90. The molecule has 2 aromatic heterocycles. The van der Waals surface area contributed by atoms with E-state index in [1.807, 2.05) is 34.9 Å². The fraction of sp³-hybridized carbons (Fsp3) is 0.154. The molecule has 0 atom stereocenters. The van der Waals surface area contributed by atoms with Crippen LogP contribution in [0.25, 0.3) is 5.65 Å². The van der Waals surface area contributed by atoms with Crippen LogP contribution >= 0.6 is 0 Å². The van der Waals surface area contributed by atoms with E-state index >= 15 is 0 Å². The van der Waals surface area contributed by atoms with E-state index < -0.39 is 0 Å². The van der Waals surface area contributed by atoms with Crippen LogP contribution < -0.4 is 11.1 Å². The molecule has 0 aliphatic heterocycles. The van der Waals surface area contributed by atoms with Crippen molar-refractivity contribution in [3.63, 3.8) is 0 Å². The van der Waals surface area contributed by atoms with Crippen molar-refractivity contribution in [1.82, 2.24) is 19.6 Å². The Kier molecular flexibility index (Phi) is 2.97. The monoisotopic (exact) mass is 254 g/mol. The van der Waals surface area contributed by atoms with Gasteiger partial charge in [0.15, 0.2) is 5.82 Å². The molecular formula is C13H14N6. The summed E-state index contributed by atoms with van der Waals surface area (Å²) in [5, 5.41) is 11.2. The molecule has 0 aliphatic rings. The van der Waals surface area contributed by atoms with Crippen molar-refractivity contribution >= 4 is 17.2 Å². The molecule has 19 heavy (non-hydrogen) atoms. The van der Waals surface area contributed by atoms with Crippen molar-refractivity contribution in [3.8, 4) is 0 Å². The second kappa shape index (κ2) is 4.93. The number of nitrogens with two attached hydrogens (primary N) is 1. The number of benzene rings is 1. The summed E-state index contributed by atoms with van der Waals surface area (Å²) >= 11 is 0. The number of anilines is 2. The number of nitrogens with zero attached hydrogens (tertiary/aromatic N) is 4. The summed E-state index contributed by atoms with van der Waals surface area (Å²) in [6.07, 6.45) is 6.10. The van der Waals surface area contributed by atoms with Gasteiger partial charge in [-0.3, -0.25) is 4.40 Å². The van der Waals surface area contributed by atoms with Crippen molar-refractivity contribution in [2.45, 2.75) is 6.42 Å². The summed E-state index contributed by atoms with van der Waals surface area (Å²) in [5.74, 6) is 0.746. The molecule has 2 heterocycles. The molecule has 3 rings (SSSR count). The third kappa shape index (κ3) is 2.47. The first-order chi connectivity index (χ1) is 9.33. The van der Waals surface area contributed by atoms with Crippen LogP contribution in [0.2, 0.25) is 0 Å². The fourth-order valence-corrected chi connectivity index (χ4v) is 1.89. The molecule has 0 bridgehead atoms. The maximum Gasteiger partial charge on any atom is 0.203 e. The van der Waals surface area contributed by atoms with Crippen LogP contribution in [0.4, 0.5) is 11.5 Å². The van der Waals surface area contributed by atoms with Gasteiger partial charge in [-0.05, 0) is 24.1 Å². The topological polar surface area (TPSA) is 81.1 Å². The number of hydrogen-bond donors (Lipinski definition) is 2. The predicted molar refractivity (Wildman–Crippen MR) is 73.8 cm³/mol. The highest BCUT2D eigenvalue weighted by atomic mass is 15.2. The Labute approximate surface area is 110 Å². The second-order valence-corrected chi connectivity index (χ2v) is 4.26. The van der Waals surface area contributed by atoms with Crippen molar-refractivity contribution in [1.29, 1.82) is 0 Å². The van der Waals surface area contributed by atoms with Crippen molar-refractivity contribution in [2.24, 2.45) is 0 Å². The van der Waals surface area contributed by atoms with Gasteiger partial charge >= 0.3 is 0 Å². The van der Waals surface area contributed by atoms with Crippen molar-refractivity contribution < 1.29 is 0 Å². The lowest BCUT2D eigenvalue weighted by molar-refractivity contribution is 0.998.